The van der Waals surface area contributed by atoms with Crippen LogP contribution in [0.1, 0.15) is 51.5 Å². The predicted molar refractivity (Wildman–Crippen MR) is 112 cm³/mol. The maximum absolute atomic E-state index is 13.3. The maximum Gasteiger partial charge on any atom is 0.273 e. The Morgan fingerprint density at radius 3 is 2.63 bits per heavy atom. The Labute approximate surface area is 175 Å². The molecule has 4 rings (SSSR count). The van der Waals surface area contributed by atoms with Crippen LogP contribution in [0.25, 0.3) is 0 Å². The zero-order chi connectivity index (χ0) is 21.1. The van der Waals surface area contributed by atoms with Crippen LogP contribution in [0.3, 0.4) is 0 Å². The molecule has 1 aromatic heterocycles. The summed E-state index contributed by atoms with van der Waals surface area (Å²) >= 11 is 0. The largest absolute Gasteiger partial charge is 0.447 e. The highest BCUT2D eigenvalue weighted by Gasteiger charge is 2.25. The van der Waals surface area contributed by atoms with E-state index >= 15 is 0 Å². The van der Waals surface area contributed by atoms with Gasteiger partial charge in [-0.2, -0.15) is 0 Å². The lowest BCUT2D eigenvalue weighted by molar-refractivity contribution is 0.0946. The van der Waals surface area contributed by atoms with Crippen molar-refractivity contribution in [3.63, 3.8) is 0 Å². The third-order valence-corrected chi connectivity index (χ3v) is 5.27. The van der Waals surface area contributed by atoms with E-state index in [2.05, 4.69) is 47.2 Å². The lowest BCUT2D eigenvalue weighted by atomic mass is 10.0. The second kappa shape index (κ2) is 8.79. The van der Waals surface area contributed by atoms with Gasteiger partial charge in [-0.05, 0) is 55.5 Å². The molecule has 0 radical (unpaired) electrons. The van der Waals surface area contributed by atoms with Crippen LogP contribution in [0.4, 0.5) is 4.39 Å². The molecule has 6 heteroatoms. The second-order valence-corrected chi connectivity index (χ2v) is 8.08. The summed E-state index contributed by atoms with van der Waals surface area (Å²) in [6.07, 6.45) is 3.47. The van der Waals surface area contributed by atoms with Crippen LogP contribution < -0.4 is 5.32 Å². The summed E-state index contributed by atoms with van der Waals surface area (Å²) in [6, 6.07) is 13.2. The molecule has 1 saturated carbocycles. The molecule has 0 aliphatic heterocycles. The van der Waals surface area contributed by atoms with E-state index in [0.717, 1.165) is 18.4 Å². The van der Waals surface area contributed by atoms with Crippen LogP contribution in [0, 0.1) is 19.7 Å². The number of amides is 1. The van der Waals surface area contributed by atoms with Crippen LogP contribution >= 0.6 is 0 Å². The van der Waals surface area contributed by atoms with Crippen molar-refractivity contribution in [2.24, 2.45) is 0 Å². The molecule has 1 aliphatic rings. The summed E-state index contributed by atoms with van der Waals surface area (Å²) in [7, 11) is 0. The van der Waals surface area contributed by atoms with E-state index in [-0.39, 0.29) is 17.8 Å². The van der Waals surface area contributed by atoms with Crippen molar-refractivity contribution in [2.45, 2.75) is 52.4 Å². The summed E-state index contributed by atoms with van der Waals surface area (Å²) in [4.78, 5) is 18.8. The molecule has 5 nitrogen and oxygen atoms in total. The zero-order valence-electron chi connectivity index (χ0n) is 17.3. The molecule has 0 bridgehead atoms. The van der Waals surface area contributed by atoms with Gasteiger partial charge in [-0.15, -0.1) is 0 Å². The van der Waals surface area contributed by atoms with Crippen LogP contribution in [0.2, 0.25) is 0 Å². The van der Waals surface area contributed by atoms with Crippen molar-refractivity contribution in [3.05, 3.63) is 88.4 Å². The molecule has 1 amide bonds. The van der Waals surface area contributed by atoms with Gasteiger partial charge in [0.15, 0.2) is 5.69 Å². The number of aryl methyl sites for hydroxylation is 2. The van der Waals surface area contributed by atoms with Gasteiger partial charge in [-0.1, -0.05) is 35.9 Å². The summed E-state index contributed by atoms with van der Waals surface area (Å²) in [5.41, 5.74) is 4.94. The van der Waals surface area contributed by atoms with Crippen LogP contribution in [0.15, 0.2) is 53.1 Å². The van der Waals surface area contributed by atoms with E-state index in [1.807, 2.05) is 0 Å². The van der Waals surface area contributed by atoms with E-state index < -0.39 is 0 Å². The topological polar surface area (TPSA) is 58.4 Å². The standard InChI is InChI=1S/C24H26FN3O2/c1-16-3-4-17(2)19(11-16)13-28(12-18-5-7-20(25)8-6-18)14-23-27-22(15-30-23)24(29)26-21-9-10-21/h3-8,11,15,21H,9-10,12-14H2,1-2H3,(H,26,29). The molecule has 0 saturated heterocycles. The van der Waals surface area contributed by atoms with E-state index in [1.54, 1.807) is 12.1 Å². The fourth-order valence-electron chi connectivity index (χ4n) is 3.39. The molecule has 30 heavy (non-hydrogen) atoms. The first-order chi connectivity index (χ1) is 14.5. The summed E-state index contributed by atoms with van der Waals surface area (Å²) in [6.45, 7) is 5.92. The number of aromatic nitrogens is 1. The van der Waals surface area contributed by atoms with Gasteiger partial charge in [0.2, 0.25) is 5.89 Å². The third-order valence-electron chi connectivity index (χ3n) is 5.27. The highest BCUT2D eigenvalue weighted by molar-refractivity contribution is 5.92. The highest BCUT2D eigenvalue weighted by Crippen LogP contribution is 2.20. The van der Waals surface area contributed by atoms with Gasteiger partial charge in [0.05, 0.1) is 6.54 Å². The van der Waals surface area contributed by atoms with Gasteiger partial charge in [-0.25, -0.2) is 9.37 Å². The molecule has 0 atom stereocenters. The van der Waals surface area contributed by atoms with Crippen molar-refractivity contribution < 1.29 is 13.6 Å². The minimum atomic E-state index is -0.251. The Morgan fingerprint density at radius 1 is 1.13 bits per heavy atom. The molecule has 156 valence electrons. The van der Waals surface area contributed by atoms with E-state index in [4.69, 9.17) is 4.42 Å². The molecule has 1 heterocycles. The number of carbonyl (C=O) groups excluding carboxylic acids is 1. The molecule has 1 fully saturated rings. The van der Waals surface area contributed by atoms with Gasteiger partial charge < -0.3 is 9.73 Å². The number of oxazole rings is 1. The normalized spacial score (nSPS) is 13.6. The second-order valence-electron chi connectivity index (χ2n) is 8.08. The number of rotatable bonds is 8. The van der Waals surface area contributed by atoms with Crippen LogP contribution in [-0.2, 0) is 19.6 Å². The highest BCUT2D eigenvalue weighted by atomic mass is 19.1. The minimum Gasteiger partial charge on any atom is -0.447 e. The van der Waals surface area contributed by atoms with E-state index in [9.17, 15) is 9.18 Å². The maximum atomic E-state index is 13.3. The van der Waals surface area contributed by atoms with Gasteiger partial charge in [0.25, 0.3) is 5.91 Å². The first-order valence-electron chi connectivity index (χ1n) is 10.2. The summed E-state index contributed by atoms with van der Waals surface area (Å²) in [5.74, 6) is 0.0503. The average Bonchev–Trinajstić information content (AvgIpc) is 3.41. The smallest absolute Gasteiger partial charge is 0.273 e. The molecule has 1 aliphatic carbocycles. The first kappa shape index (κ1) is 20.3. The minimum absolute atomic E-state index is 0.188. The molecule has 2 aromatic carbocycles. The molecular formula is C24H26FN3O2. The fourth-order valence-corrected chi connectivity index (χ4v) is 3.39. The third kappa shape index (κ3) is 5.33. The van der Waals surface area contributed by atoms with Gasteiger partial charge in [-0.3, -0.25) is 9.69 Å². The average molecular weight is 407 g/mol. The monoisotopic (exact) mass is 407 g/mol. The molecule has 0 unspecified atom stereocenters. The molecular weight excluding hydrogens is 381 g/mol. The number of nitrogens with zero attached hydrogens (tertiary/aromatic N) is 2. The van der Waals surface area contributed by atoms with Crippen LogP contribution in [0.5, 0.6) is 0 Å². The van der Waals surface area contributed by atoms with Crippen molar-refractivity contribution >= 4 is 5.91 Å². The molecule has 0 spiro atoms. The first-order valence-corrected chi connectivity index (χ1v) is 10.2. The number of nitrogens with one attached hydrogen (secondary N) is 1. The summed E-state index contributed by atoms with van der Waals surface area (Å²) < 4.78 is 18.9. The predicted octanol–water partition coefficient (Wildman–Crippen LogP) is 4.53. The Hall–Kier alpha value is -2.99. The lowest BCUT2D eigenvalue weighted by Gasteiger charge is -2.22. The Kier molecular flexibility index (Phi) is 5.95. The van der Waals surface area contributed by atoms with Gasteiger partial charge in [0, 0.05) is 19.1 Å². The number of benzene rings is 2. The van der Waals surface area contributed by atoms with Crippen LogP contribution in [-0.4, -0.2) is 21.8 Å². The van der Waals surface area contributed by atoms with Crippen molar-refractivity contribution in [2.75, 3.05) is 0 Å². The number of halogens is 1. The van der Waals surface area contributed by atoms with E-state index in [1.165, 1.54) is 35.1 Å². The van der Waals surface area contributed by atoms with E-state index in [0.29, 0.717) is 31.2 Å². The Balaban J connectivity index is 1.51. The fraction of sp³-hybridized carbons (Fsp3) is 0.333. The number of hydrogen-bond acceptors (Lipinski definition) is 4. The lowest BCUT2D eigenvalue weighted by Crippen LogP contribution is -2.26. The van der Waals surface area contributed by atoms with Crippen molar-refractivity contribution in [1.29, 1.82) is 0 Å². The molecule has 3 aromatic rings. The summed E-state index contributed by atoms with van der Waals surface area (Å²) in [5, 5.41) is 2.92. The van der Waals surface area contributed by atoms with Gasteiger partial charge >= 0.3 is 0 Å². The van der Waals surface area contributed by atoms with Crippen molar-refractivity contribution in [1.82, 2.24) is 15.2 Å². The zero-order valence-corrected chi connectivity index (χ0v) is 17.3. The van der Waals surface area contributed by atoms with Gasteiger partial charge in [0.1, 0.15) is 12.1 Å². The Bertz CT molecular complexity index is 1030. The number of hydrogen-bond donors (Lipinski definition) is 1. The Morgan fingerprint density at radius 2 is 1.90 bits per heavy atom. The van der Waals surface area contributed by atoms with Crippen molar-refractivity contribution in [3.8, 4) is 0 Å². The quantitative estimate of drug-likeness (QED) is 0.596. The molecule has 1 N–H and O–H groups in total. The SMILES string of the molecule is Cc1ccc(C)c(CN(Cc2ccc(F)cc2)Cc2nc(C(=O)NC3CC3)co2)c1. The number of carbonyl (C=O) groups is 1.